The van der Waals surface area contributed by atoms with Gasteiger partial charge in [-0.05, 0) is 81.8 Å². The van der Waals surface area contributed by atoms with Crippen LogP contribution in [0.5, 0.6) is 0 Å². The van der Waals surface area contributed by atoms with E-state index in [0.29, 0.717) is 12.5 Å². The molecule has 0 radical (unpaired) electrons. The van der Waals surface area contributed by atoms with Crippen molar-refractivity contribution in [2.45, 2.75) is 79.4 Å². The van der Waals surface area contributed by atoms with Crippen LogP contribution in [0.15, 0.2) is 54.6 Å². The van der Waals surface area contributed by atoms with Crippen molar-refractivity contribution in [2.75, 3.05) is 13.3 Å². The third-order valence-corrected chi connectivity index (χ3v) is 7.69. The Hall–Kier alpha value is -1.81. The van der Waals surface area contributed by atoms with Crippen LogP contribution in [0.25, 0.3) is 32.3 Å². The van der Waals surface area contributed by atoms with Gasteiger partial charge in [-0.2, -0.15) is 0 Å². The maximum atomic E-state index is 9.31. The fourth-order valence-electron chi connectivity index (χ4n) is 5.43. The molecule has 0 spiro atoms. The first-order valence-corrected chi connectivity index (χ1v) is 15.1. The molecule has 0 aromatic heterocycles. The molecule has 0 amide bonds. The van der Waals surface area contributed by atoms with Crippen molar-refractivity contribution in [1.82, 2.24) is 0 Å². The van der Waals surface area contributed by atoms with E-state index in [9.17, 15) is 15.1 Å². The van der Waals surface area contributed by atoms with Gasteiger partial charge in [-0.3, -0.25) is 0 Å². The zero-order valence-corrected chi connectivity index (χ0v) is 23.3. The van der Waals surface area contributed by atoms with Gasteiger partial charge in [0.15, 0.2) is 8.38 Å². The average molecular weight is 527 g/mol. The third-order valence-electron chi connectivity index (χ3n) is 7.13. The lowest BCUT2D eigenvalue weighted by molar-refractivity contribution is -0.0537. The van der Waals surface area contributed by atoms with Gasteiger partial charge in [0.05, 0.1) is 18.8 Å². The second kappa shape index (κ2) is 15.0. The summed E-state index contributed by atoms with van der Waals surface area (Å²) in [7, 11) is -1.23. The van der Waals surface area contributed by atoms with Crippen molar-refractivity contribution in [3.05, 3.63) is 60.2 Å². The molecule has 4 aromatic carbocycles. The maximum absolute atomic E-state index is 9.31. The van der Waals surface area contributed by atoms with Crippen molar-refractivity contribution >= 4 is 40.7 Å². The molecule has 5 atom stereocenters. The topological polar surface area (TPSA) is 69.9 Å². The molecule has 4 aromatic rings. The van der Waals surface area contributed by atoms with Crippen LogP contribution in [0.3, 0.4) is 0 Å². The molecule has 0 heterocycles. The Kier molecular flexibility index (Phi) is 12.7. The highest BCUT2D eigenvalue weighted by atomic mass is 31.2. The number of benzene rings is 4. The van der Waals surface area contributed by atoms with Gasteiger partial charge in [0.2, 0.25) is 0 Å². The third kappa shape index (κ3) is 7.85. The summed E-state index contributed by atoms with van der Waals surface area (Å²) in [5, 5.41) is 26.7. The second-order valence-electron chi connectivity index (χ2n) is 9.95. The molecule has 5 unspecified atom stereocenters. The molecule has 1 aliphatic carbocycles. The Bertz CT molecular complexity index is 1180. The fraction of sp³-hybridized carbons (Fsp3) is 0.500. The van der Waals surface area contributed by atoms with E-state index in [1.807, 2.05) is 20.8 Å². The molecule has 1 aliphatic rings. The molecular formula is C32H47O4P. The van der Waals surface area contributed by atoms with E-state index < -0.39 is 20.6 Å². The number of rotatable bonds is 6. The van der Waals surface area contributed by atoms with Crippen LogP contribution >= 0.6 is 8.38 Å². The quantitative estimate of drug-likeness (QED) is 0.134. The molecule has 5 rings (SSSR count). The number of unbranched alkanes of at least 4 members (excludes halogenated alkanes) is 1. The molecule has 0 aliphatic heterocycles. The number of aliphatic hydroxyl groups is 2. The van der Waals surface area contributed by atoms with Crippen LogP contribution in [-0.2, 0) is 10.9 Å². The normalized spacial score (nSPS) is 22.1. The molecule has 37 heavy (non-hydrogen) atoms. The second-order valence-corrected chi connectivity index (χ2v) is 11.1. The van der Waals surface area contributed by atoms with E-state index in [2.05, 4.69) is 61.5 Å². The fourth-order valence-corrected chi connectivity index (χ4v) is 5.82. The lowest BCUT2D eigenvalue weighted by atomic mass is 9.80. The van der Waals surface area contributed by atoms with E-state index in [4.69, 9.17) is 4.52 Å². The summed E-state index contributed by atoms with van der Waals surface area (Å²) in [6.45, 7) is 10.5. The van der Waals surface area contributed by atoms with Gasteiger partial charge in [0.1, 0.15) is 0 Å². The summed E-state index contributed by atoms with van der Waals surface area (Å²) in [6.07, 6.45) is 3.92. The van der Waals surface area contributed by atoms with Crippen molar-refractivity contribution in [3.8, 4) is 0 Å². The number of aliphatic hydroxyl groups excluding tert-OH is 2. The molecule has 3 N–H and O–H groups in total. The SMILES string of the molecule is C.CC.CC1CC(C)C(O)C(O)C1.CP(O)OCCCCc1ccc2ccc3cccc4ccc1c2c34. The molecule has 4 nitrogen and oxygen atoms in total. The number of aryl methyl sites for hydroxylation is 1. The largest absolute Gasteiger partial charge is 0.390 e. The number of hydrogen-bond acceptors (Lipinski definition) is 4. The Morgan fingerprint density at radius 1 is 0.838 bits per heavy atom. The van der Waals surface area contributed by atoms with Crippen LogP contribution in [0.1, 0.15) is 66.4 Å². The molecule has 5 heteroatoms. The predicted octanol–water partition coefficient (Wildman–Crippen LogP) is 8.29. The van der Waals surface area contributed by atoms with E-state index >= 15 is 0 Å². The molecule has 0 bridgehead atoms. The first-order chi connectivity index (χ1) is 17.3. The van der Waals surface area contributed by atoms with Gasteiger partial charge >= 0.3 is 0 Å². The van der Waals surface area contributed by atoms with E-state index in [-0.39, 0.29) is 13.3 Å². The smallest absolute Gasteiger partial charge is 0.164 e. The maximum Gasteiger partial charge on any atom is 0.164 e. The summed E-state index contributed by atoms with van der Waals surface area (Å²) in [4.78, 5) is 9.21. The lowest BCUT2D eigenvalue weighted by Gasteiger charge is -2.33. The Morgan fingerprint density at radius 3 is 2.05 bits per heavy atom. The van der Waals surface area contributed by atoms with Gasteiger partial charge in [0, 0.05) is 6.66 Å². The van der Waals surface area contributed by atoms with Gasteiger partial charge in [-0.1, -0.05) is 89.7 Å². The zero-order valence-electron chi connectivity index (χ0n) is 22.4. The van der Waals surface area contributed by atoms with Gasteiger partial charge in [-0.25, -0.2) is 0 Å². The van der Waals surface area contributed by atoms with Gasteiger partial charge in [0.25, 0.3) is 0 Å². The van der Waals surface area contributed by atoms with Crippen molar-refractivity contribution in [1.29, 1.82) is 0 Å². The standard InChI is InChI=1S/C21H21O2P.C8H16O2.C2H6.CH4/c1-24(22)23-14-3-2-5-15-8-9-18-11-10-16-6-4-7-17-12-13-19(15)21(18)20(16)17;1-5-3-6(2)8(10)7(9)4-5;1-2;/h4,6-13,22H,2-3,5,14H2,1H3;5-10H,3-4H2,1-2H3;1-2H3;1H4. The van der Waals surface area contributed by atoms with Crippen LogP contribution < -0.4 is 0 Å². The van der Waals surface area contributed by atoms with Gasteiger partial charge < -0.3 is 19.6 Å². The summed E-state index contributed by atoms with van der Waals surface area (Å²) < 4.78 is 5.28. The number of hydrogen-bond donors (Lipinski definition) is 3. The first-order valence-electron chi connectivity index (χ1n) is 13.4. The molecular weight excluding hydrogens is 479 g/mol. The van der Waals surface area contributed by atoms with Crippen molar-refractivity contribution in [2.24, 2.45) is 11.8 Å². The minimum Gasteiger partial charge on any atom is -0.390 e. The summed E-state index contributed by atoms with van der Waals surface area (Å²) in [5.41, 5.74) is 1.41. The summed E-state index contributed by atoms with van der Waals surface area (Å²) >= 11 is 0. The summed E-state index contributed by atoms with van der Waals surface area (Å²) in [5.74, 6) is 0.826. The molecule has 204 valence electrons. The molecule has 1 saturated carbocycles. The lowest BCUT2D eigenvalue weighted by Crippen LogP contribution is -2.38. The van der Waals surface area contributed by atoms with Crippen molar-refractivity contribution < 1.29 is 19.6 Å². The Morgan fingerprint density at radius 2 is 1.43 bits per heavy atom. The Balaban J connectivity index is 0.000000314. The van der Waals surface area contributed by atoms with E-state index in [1.165, 1.54) is 37.9 Å². The minimum atomic E-state index is -1.23. The Labute approximate surface area is 224 Å². The first kappa shape index (κ1) is 31.4. The van der Waals surface area contributed by atoms with Crippen molar-refractivity contribution in [3.63, 3.8) is 0 Å². The molecule has 1 fully saturated rings. The van der Waals surface area contributed by atoms with Crippen LogP contribution in [0.2, 0.25) is 0 Å². The summed E-state index contributed by atoms with van der Waals surface area (Å²) in [6, 6.07) is 20.0. The van der Waals surface area contributed by atoms with Crippen LogP contribution in [0.4, 0.5) is 0 Å². The zero-order chi connectivity index (χ0) is 26.2. The highest BCUT2D eigenvalue weighted by molar-refractivity contribution is 7.45. The average Bonchev–Trinajstić information content (AvgIpc) is 2.87. The van der Waals surface area contributed by atoms with Crippen LogP contribution in [0, 0.1) is 11.8 Å². The van der Waals surface area contributed by atoms with E-state index in [1.54, 1.807) is 6.66 Å². The monoisotopic (exact) mass is 526 g/mol. The highest BCUT2D eigenvalue weighted by Gasteiger charge is 2.30. The van der Waals surface area contributed by atoms with E-state index in [0.717, 1.165) is 32.1 Å². The minimum absolute atomic E-state index is 0. The van der Waals surface area contributed by atoms with Gasteiger partial charge in [-0.15, -0.1) is 0 Å². The van der Waals surface area contributed by atoms with Crippen LogP contribution in [-0.4, -0.2) is 40.6 Å². The molecule has 0 saturated heterocycles. The highest BCUT2D eigenvalue weighted by Crippen LogP contribution is 2.36. The predicted molar refractivity (Wildman–Crippen MR) is 162 cm³/mol.